The molecule has 0 heterocycles. The van der Waals surface area contributed by atoms with Gasteiger partial charge in [0.1, 0.15) is 17.1 Å². The number of benzene rings is 2. The van der Waals surface area contributed by atoms with Crippen LogP contribution in [0.4, 0.5) is 0 Å². The Hall–Kier alpha value is -2.33. The van der Waals surface area contributed by atoms with E-state index in [0.717, 1.165) is 29.7 Å². The van der Waals surface area contributed by atoms with E-state index in [0.29, 0.717) is 24.3 Å². The van der Waals surface area contributed by atoms with Crippen LogP contribution >= 0.6 is 0 Å². The highest BCUT2D eigenvalue weighted by molar-refractivity contribution is 7.92. The van der Waals surface area contributed by atoms with E-state index in [4.69, 9.17) is 4.74 Å². The second-order valence-electron chi connectivity index (χ2n) is 7.19. The molecule has 0 aliphatic heterocycles. The van der Waals surface area contributed by atoms with Gasteiger partial charge in [-0.2, -0.15) is 0 Å². The van der Waals surface area contributed by atoms with Crippen LogP contribution < -0.4 is 4.74 Å². The highest BCUT2D eigenvalue weighted by Crippen LogP contribution is 2.48. The first kappa shape index (κ1) is 20.4. The first-order valence-corrected chi connectivity index (χ1v) is 11.3. The van der Waals surface area contributed by atoms with Crippen molar-refractivity contribution < 1.29 is 13.2 Å². The summed E-state index contributed by atoms with van der Waals surface area (Å²) in [5.41, 5.74) is 1.96. The van der Waals surface area contributed by atoms with Crippen LogP contribution in [0, 0.1) is 0 Å². The molecule has 1 aliphatic carbocycles. The van der Waals surface area contributed by atoms with Gasteiger partial charge < -0.3 is 4.74 Å². The highest BCUT2D eigenvalue weighted by Gasteiger charge is 2.48. The van der Waals surface area contributed by atoms with Gasteiger partial charge in [-0.05, 0) is 62.1 Å². The zero-order valence-corrected chi connectivity index (χ0v) is 17.4. The molecular formula is C24H28O3S. The Labute approximate surface area is 168 Å². The second-order valence-corrected chi connectivity index (χ2v) is 9.45. The van der Waals surface area contributed by atoms with E-state index >= 15 is 0 Å². The van der Waals surface area contributed by atoms with Crippen LogP contribution in [0.25, 0.3) is 0 Å². The van der Waals surface area contributed by atoms with E-state index < -0.39 is 14.6 Å². The zero-order chi connectivity index (χ0) is 20.0. The third-order valence-electron chi connectivity index (χ3n) is 5.52. The van der Waals surface area contributed by atoms with Gasteiger partial charge in [0.2, 0.25) is 0 Å². The fourth-order valence-corrected chi connectivity index (χ4v) is 6.19. The monoisotopic (exact) mass is 396 g/mol. The van der Waals surface area contributed by atoms with Gasteiger partial charge in [0.25, 0.3) is 0 Å². The van der Waals surface area contributed by atoms with E-state index in [-0.39, 0.29) is 0 Å². The van der Waals surface area contributed by atoms with Crippen molar-refractivity contribution in [2.24, 2.45) is 0 Å². The summed E-state index contributed by atoms with van der Waals surface area (Å²) in [5, 5.41) is 0. The molecule has 2 aromatic carbocycles. The lowest BCUT2D eigenvalue weighted by atomic mass is 9.96. The number of hydrogen-bond acceptors (Lipinski definition) is 3. The molecule has 3 rings (SSSR count). The zero-order valence-electron chi connectivity index (χ0n) is 16.6. The maximum Gasteiger partial charge on any atom is 0.188 e. The summed E-state index contributed by atoms with van der Waals surface area (Å²) < 4.78 is 32.1. The quantitative estimate of drug-likeness (QED) is 0.553. The Balaban J connectivity index is 1.88. The first-order chi connectivity index (χ1) is 13.5. The van der Waals surface area contributed by atoms with Crippen LogP contribution in [0.2, 0.25) is 0 Å². The minimum absolute atomic E-state index is 0.404. The topological polar surface area (TPSA) is 43.4 Å². The first-order valence-electron chi connectivity index (χ1n) is 9.84. The average molecular weight is 397 g/mol. The molecule has 0 unspecified atom stereocenters. The van der Waals surface area contributed by atoms with Gasteiger partial charge in [0.15, 0.2) is 9.84 Å². The largest absolute Gasteiger partial charge is 0.489 e. The Morgan fingerprint density at radius 1 is 1.00 bits per heavy atom. The molecule has 0 aromatic heterocycles. The van der Waals surface area contributed by atoms with E-state index in [1.807, 2.05) is 62.4 Å². The summed E-state index contributed by atoms with van der Waals surface area (Å²) in [6.45, 7) is 4.46. The summed E-state index contributed by atoms with van der Waals surface area (Å²) in [6, 6.07) is 16.4. The Morgan fingerprint density at radius 3 is 2.21 bits per heavy atom. The molecule has 2 aromatic rings. The summed E-state index contributed by atoms with van der Waals surface area (Å²) in [5.74, 6) is 0.748. The normalized spacial score (nSPS) is 17.1. The van der Waals surface area contributed by atoms with Crippen molar-refractivity contribution in [3.8, 4) is 5.75 Å². The van der Waals surface area contributed by atoms with Crippen LogP contribution in [0.3, 0.4) is 0 Å². The summed E-state index contributed by atoms with van der Waals surface area (Å²) in [7, 11) is -3.46. The van der Waals surface area contributed by atoms with E-state index in [2.05, 4.69) is 0 Å². The fourth-order valence-electron chi connectivity index (χ4n) is 3.95. The molecule has 1 saturated carbocycles. The molecule has 0 bridgehead atoms. The number of allylic oxidation sites excluding steroid dienone is 2. The lowest BCUT2D eigenvalue weighted by Crippen LogP contribution is -2.33. The lowest BCUT2D eigenvalue weighted by molar-refractivity contribution is 0.355. The van der Waals surface area contributed by atoms with E-state index in [9.17, 15) is 8.42 Å². The van der Waals surface area contributed by atoms with Gasteiger partial charge >= 0.3 is 0 Å². The predicted octanol–water partition coefficient (Wildman–Crippen LogP) is 5.83. The van der Waals surface area contributed by atoms with Gasteiger partial charge in [-0.3, -0.25) is 0 Å². The molecule has 0 amide bonds. The Bertz CT molecular complexity index is 933. The van der Waals surface area contributed by atoms with Gasteiger partial charge in [-0.1, -0.05) is 61.4 Å². The van der Waals surface area contributed by atoms with Crippen LogP contribution in [-0.4, -0.2) is 15.0 Å². The number of sulfone groups is 1. The molecule has 0 N–H and O–H groups in total. The number of hydrogen-bond donors (Lipinski definition) is 0. The van der Waals surface area contributed by atoms with Crippen molar-refractivity contribution in [3.63, 3.8) is 0 Å². The van der Waals surface area contributed by atoms with Crippen molar-refractivity contribution in [2.75, 3.05) is 6.61 Å². The molecule has 0 saturated heterocycles. The standard InChI is InChI=1S/C24H28O3S/c1-3-10-20(4-2)19-27-22-15-13-21(14-16-22)24(17-8-9-18-24)28(25,26)23-11-6-5-7-12-23/h3-7,10-16H,8-9,17-19H2,1-2H3/b10-3-,20-4+. The van der Waals surface area contributed by atoms with Crippen LogP contribution in [0.5, 0.6) is 5.75 Å². The molecule has 0 atom stereocenters. The van der Waals surface area contributed by atoms with Gasteiger partial charge in [0, 0.05) is 0 Å². The molecule has 148 valence electrons. The minimum atomic E-state index is -3.46. The van der Waals surface area contributed by atoms with Crippen molar-refractivity contribution in [1.82, 2.24) is 0 Å². The van der Waals surface area contributed by atoms with Crippen LogP contribution in [0.1, 0.15) is 45.1 Å². The minimum Gasteiger partial charge on any atom is -0.489 e. The van der Waals surface area contributed by atoms with Crippen molar-refractivity contribution in [3.05, 3.63) is 84.0 Å². The molecule has 4 heteroatoms. The Morgan fingerprint density at radius 2 is 1.64 bits per heavy atom. The SMILES string of the molecule is C/C=C\C(=C/C)COc1ccc(C2(S(=O)(=O)c3ccccc3)CCCC2)cc1. The molecule has 1 fully saturated rings. The third-order valence-corrected chi connectivity index (χ3v) is 8.08. The molecular weight excluding hydrogens is 368 g/mol. The van der Waals surface area contributed by atoms with Crippen molar-refractivity contribution in [2.45, 2.75) is 49.2 Å². The summed E-state index contributed by atoms with van der Waals surface area (Å²) >= 11 is 0. The molecule has 1 aliphatic rings. The molecule has 28 heavy (non-hydrogen) atoms. The second kappa shape index (κ2) is 8.78. The number of rotatable bonds is 7. The fraction of sp³-hybridized carbons (Fsp3) is 0.333. The van der Waals surface area contributed by atoms with Crippen molar-refractivity contribution in [1.29, 1.82) is 0 Å². The summed E-state index contributed by atoms with van der Waals surface area (Å²) in [6.07, 6.45) is 9.21. The maximum atomic E-state index is 13.5. The van der Waals surface area contributed by atoms with Crippen LogP contribution in [-0.2, 0) is 14.6 Å². The lowest BCUT2D eigenvalue weighted by Gasteiger charge is -2.29. The van der Waals surface area contributed by atoms with Gasteiger partial charge in [-0.15, -0.1) is 0 Å². The predicted molar refractivity (Wildman–Crippen MR) is 114 cm³/mol. The highest BCUT2D eigenvalue weighted by atomic mass is 32.2. The van der Waals surface area contributed by atoms with E-state index in [1.54, 1.807) is 24.3 Å². The average Bonchev–Trinajstić information content (AvgIpc) is 3.24. The van der Waals surface area contributed by atoms with Crippen molar-refractivity contribution >= 4 is 9.84 Å². The maximum absolute atomic E-state index is 13.5. The third kappa shape index (κ3) is 3.93. The summed E-state index contributed by atoms with van der Waals surface area (Å²) in [4.78, 5) is 0.404. The van der Waals surface area contributed by atoms with Crippen LogP contribution in [0.15, 0.2) is 83.3 Å². The Kier molecular flexibility index (Phi) is 6.40. The number of ether oxygens (including phenoxy) is 1. The van der Waals surface area contributed by atoms with E-state index in [1.165, 1.54) is 0 Å². The smallest absolute Gasteiger partial charge is 0.188 e. The van der Waals surface area contributed by atoms with Gasteiger partial charge in [0.05, 0.1) is 4.90 Å². The molecule has 3 nitrogen and oxygen atoms in total. The van der Waals surface area contributed by atoms with Gasteiger partial charge in [-0.25, -0.2) is 8.42 Å². The molecule has 0 radical (unpaired) electrons. The molecule has 0 spiro atoms.